The van der Waals surface area contributed by atoms with Gasteiger partial charge in [0.05, 0.1) is 11.7 Å². The van der Waals surface area contributed by atoms with Gasteiger partial charge in [-0.3, -0.25) is 0 Å². The quantitative estimate of drug-likeness (QED) is 0.728. The van der Waals surface area contributed by atoms with Crippen molar-refractivity contribution in [3.63, 3.8) is 0 Å². The molecular formula is C18H21F3N2O. The molecule has 2 atom stereocenters. The smallest absolute Gasteiger partial charge is 0.390 e. The van der Waals surface area contributed by atoms with Gasteiger partial charge in [0.1, 0.15) is 0 Å². The number of rotatable bonds is 7. The second kappa shape index (κ2) is 8.28. The number of halogens is 3. The molecule has 0 radical (unpaired) electrons. The largest absolute Gasteiger partial charge is 0.416 e. The van der Waals surface area contributed by atoms with Crippen LogP contribution < -0.4 is 11.1 Å². The van der Waals surface area contributed by atoms with Crippen LogP contribution >= 0.6 is 0 Å². The van der Waals surface area contributed by atoms with Gasteiger partial charge in [0.25, 0.3) is 0 Å². The summed E-state index contributed by atoms with van der Waals surface area (Å²) in [6, 6.07) is 14.4. The number of hydrogen-bond donors (Lipinski definition) is 3. The van der Waals surface area contributed by atoms with E-state index in [-0.39, 0.29) is 18.7 Å². The fourth-order valence-corrected chi connectivity index (χ4v) is 2.48. The Bertz CT molecular complexity index is 632. The van der Waals surface area contributed by atoms with Crippen LogP contribution in [0, 0.1) is 0 Å². The third kappa shape index (κ3) is 5.33. The third-order valence-corrected chi connectivity index (χ3v) is 3.80. The van der Waals surface area contributed by atoms with E-state index in [1.165, 1.54) is 12.1 Å². The molecule has 6 heteroatoms. The summed E-state index contributed by atoms with van der Waals surface area (Å²) in [7, 11) is 0. The van der Waals surface area contributed by atoms with Gasteiger partial charge in [0, 0.05) is 19.1 Å². The zero-order valence-electron chi connectivity index (χ0n) is 13.1. The van der Waals surface area contributed by atoms with Crippen molar-refractivity contribution in [3.8, 4) is 0 Å². The van der Waals surface area contributed by atoms with Crippen molar-refractivity contribution in [3.05, 3.63) is 71.3 Å². The van der Waals surface area contributed by atoms with Crippen molar-refractivity contribution in [2.24, 2.45) is 5.73 Å². The van der Waals surface area contributed by atoms with Crippen LogP contribution in [0.4, 0.5) is 13.2 Å². The summed E-state index contributed by atoms with van der Waals surface area (Å²) in [6.07, 6.45) is -4.73. The van der Waals surface area contributed by atoms with Gasteiger partial charge < -0.3 is 16.2 Å². The molecule has 0 saturated carbocycles. The molecule has 0 aliphatic heterocycles. The van der Waals surface area contributed by atoms with E-state index in [0.29, 0.717) is 6.42 Å². The van der Waals surface area contributed by atoms with Crippen LogP contribution in [0.15, 0.2) is 54.6 Å². The van der Waals surface area contributed by atoms with E-state index < -0.39 is 23.9 Å². The zero-order valence-corrected chi connectivity index (χ0v) is 13.1. The van der Waals surface area contributed by atoms with Crippen molar-refractivity contribution < 1.29 is 18.3 Å². The van der Waals surface area contributed by atoms with Crippen molar-refractivity contribution in [1.29, 1.82) is 0 Å². The number of alkyl halides is 3. The first-order valence-corrected chi connectivity index (χ1v) is 7.71. The van der Waals surface area contributed by atoms with Crippen LogP contribution in [-0.4, -0.2) is 23.8 Å². The second-order valence-corrected chi connectivity index (χ2v) is 5.71. The van der Waals surface area contributed by atoms with Crippen LogP contribution in [0.2, 0.25) is 0 Å². The summed E-state index contributed by atoms with van der Waals surface area (Å²) >= 11 is 0. The standard InChI is InChI=1S/C18H21F3N2O/c19-18(20,21)15-9-5-4-8-14(15)11-23-12-17(24)16(22)10-13-6-2-1-3-7-13/h1-9,16-17,23-24H,10-12,22H2. The van der Waals surface area contributed by atoms with Crippen molar-refractivity contribution in [1.82, 2.24) is 5.32 Å². The molecule has 3 nitrogen and oxygen atoms in total. The number of hydrogen-bond acceptors (Lipinski definition) is 3. The lowest BCUT2D eigenvalue weighted by molar-refractivity contribution is -0.138. The molecule has 0 aliphatic carbocycles. The molecule has 0 aromatic heterocycles. The molecule has 2 unspecified atom stereocenters. The van der Waals surface area contributed by atoms with Gasteiger partial charge in [-0.05, 0) is 23.6 Å². The van der Waals surface area contributed by atoms with Crippen molar-refractivity contribution in [2.45, 2.75) is 31.3 Å². The highest BCUT2D eigenvalue weighted by atomic mass is 19.4. The monoisotopic (exact) mass is 338 g/mol. The Hall–Kier alpha value is -1.89. The van der Waals surface area contributed by atoms with E-state index in [0.717, 1.165) is 11.6 Å². The van der Waals surface area contributed by atoms with Gasteiger partial charge in [0.15, 0.2) is 0 Å². The first-order chi connectivity index (χ1) is 11.4. The normalized spacial score (nSPS) is 14.4. The fraction of sp³-hybridized carbons (Fsp3) is 0.333. The Morgan fingerprint density at radius 3 is 2.29 bits per heavy atom. The van der Waals surface area contributed by atoms with Crippen molar-refractivity contribution in [2.75, 3.05) is 6.54 Å². The molecule has 0 fully saturated rings. The highest BCUT2D eigenvalue weighted by Gasteiger charge is 2.32. The van der Waals surface area contributed by atoms with E-state index in [2.05, 4.69) is 5.32 Å². The molecule has 0 heterocycles. The maximum Gasteiger partial charge on any atom is 0.416 e. The van der Waals surface area contributed by atoms with E-state index >= 15 is 0 Å². The summed E-state index contributed by atoms with van der Waals surface area (Å²) < 4.78 is 38.7. The van der Waals surface area contributed by atoms with Gasteiger partial charge in [-0.25, -0.2) is 0 Å². The van der Waals surface area contributed by atoms with Gasteiger partial charge in [0.2, 0.25) is 0 Å². The lowest BCUT2D eigenvalue weighted by Gasteiger charge is -2.20. The first-order valence-electron chi connectivity index (χ1n) is 7.71. The van der Waals surface area contributed by atoms with Crippen LogP contribution in [0.25, 0.3) is 0 Å². The molecule has 4 N–H and O–H groups in total. The van der Waals surface area contributed by atoms with Gasteiger partial charge in [-0.1, -0.05) is 48.5 Å². The fourth-order valence-electron chi connectivity index (χ4n) is 2.48. The number of benzene rings is 2. The van der Waals surface area contributed by atoms with Gasteiger partial charge in [-0.15, -0.1) is 0 Å². The molecule has 2 rings (SSSR count). The molecular weight excluding hydrogens is 317 g/mol. The highest BCUT2D eigenvalue weighted by Crippen LogP contribution is 2.31. The Kier molecular flexibility index (Phi) is 6.36. The maximum absolute atomic E-state index is 12.9. The molecule has 0 aliphatic rings. The highest BCUT2D eigenvalue weighted by molar-refractivity contribution is 5.29. The Morgan fingerprint density at radius 2 is 1.62 bits per heavy atom. The SMILES string of the molecule is NC(Cc1ccccc1)C(O)CNCc1ccccc1C(F)(F)F. The van der Waals surface area contributed by atoms with Crippen LogP contribution in [0.1, 0.15) is 16.7 Å². The number of aliphatic hydroxyl groups excluding tert-OH is 1. The predicted molar refractivity (Wildman–Crippen MR) is 87.3 cm³/mol. The first kappa shape index (κ1) is 18.4. The molecule has 2 aromatic rings. The summed E-state index contributed by atoms with van der Waals surface area (Å²) in [5.74, 6) is 0. The number of nitrogens with one attached hydrogen (secondary N) is 1. The van der Waals surface area contributed by atoms with Gasteiger partial charge in [-0.2, -0.15) is 13.2 Å². The molecule has 0 saturated heterocycles. The third-order valence-electron chi connectivity index (χ3n) is 3.80. The van der Waals surface area contributed by atoms with Crippen LogP contribution in [0.3, 0.4) is 0 Å². The predicted octanol–water partition coefficient (Wildman–Crippen LogP) is 2.73. The topological polar surface area (TPSA) is 58.3 Å². The van der Waals surface area contributed by atoms with E-state index in [9.17, 15) is 18.3 Å². The molecule has 130 valence electrons. The Morgan fingerprint density at radius 1 is 1.00 bits per heavy atom. The molecule has 0 bridgehead atoms. The lowest BCUT2D eigenvalue weighted by Crippen LogP contribution is -2.43. The second-order valence-electron chi connectivity index (χ2n) is 5.71. The molecule has 0 spiro atoms. The summed E-state index contributed by atoms with van der Waals surface area (Å²) in [6.45, 7) is 0.144. The molecule has 24 heavy (non-hydrogen) atoms. The number of nitrogens with two attached hydrogens (primary N) is 1. The summed E-state index contributed by atoms with van der Waals surface area (Å²) in [4.78, 5) is 0. The van der Waals surface area contributed by atoms with E-state index in [1.54, 1.807) is 6.07 Å². The molecule has 0 amide bonds. The maximum atomic E-state index is 12.9. The lowest BCUT2D eigenvalue weighted by atomic mass is 10.0. The minimum atomic E-state index is -4.39. The van der Waals surface area contributed by atoms with E-state index in [4.69, 9.17) is 5.73 Å². The molecule has 2 aromatic carbocycles. The average molecular weight is 338 g/mol. The summed E-state index contributed by atoms with van der Waals surface area (Å²) in [5.41, 5.74) is 6.44. The van der Waals surface area contributed by atoms with Crippen LogP contribution in [-0.2, 0) is 19.1 Å². The zero-order chi connectivity index (χ0) is 17.6. The number of aliphatic hydroxyl groups is 1. The summed E-state index contributed by atoms with van der Waals surface area (Å²) in [5, 5.41) is 12.9. The average Bonchev–Trinajstić information content (AvgIpc) is 2.55. The Labute approximate surface area is 139 Å². The minimum Gasteiger partial charge on any atom is -0.390 e. The van der Waals surface area contributed by atoms with Crippen molar-refractivity contribution >= 4 is 0 Å². The Balaban J connectivity index is 1.86. The minimum absolute atomic E-state index is 0.0187. The van der Waals surface area contributed by atoms with E-state index in [1.807, 2.05) is 30.3 Å². The van der Waals surface area contributed by atoms with Crippen LogP contribution in [0.5, 0.6) is 0 Å². The van der Waals surface area contributed by atoms with Gasteiger partial charge >= 0.3 is 6.18 Å².